The normalized spacial score (nSPS) is 20.5. The van der Waals surface area contributed by atoms with Crippen LogP contribution in [0.25, 0.3) is 22.0 Å². The van der Waals surface area contributed by atoms with Crippen molar-refractivity contribution in [2.75, 3.05) is 11.1 Å². The van der Waals surface area contributed by atoms with Crippen LogP contribution in [0.5, 0.6) is 0 Å². The highest BCUT2D eigenvalue weighted by atomic mass is 16.3. The molecule has 1 heterocycles. The van der Waals surface area contributed by atoms with Crippen molar-refractivity contribution in [3.63, 3.8) is 0 Å². The van der Waals surface area contributed by atoms with E-state index in [1.54, 1.807) is 0 Å². The number of nitrogens with zero attached hydrogens (tertiary/aromatic N) is 2. The molecule has 0 saturated heterocycles. The SMILES string of the molecule is Nc1ccccc1-c1ccc2nc(NC3CCC(O)CC3)ncc2c1. The van der Waals surface area contributed by atoms with Gasteiger partial charge >= 0.3 is 0 Å². The lowest BCUT2D eigenvalue weighted by Crippen LogP contribution is -2.28. The van der Waals surface area contributed by atoms with Gasteiger partial charge in [-0.2, -0.15) is 0 Å². The first-order valence-corrected chi connectivity index (χ1v) is 8.75. The number of anilines is 2. The van der Waals surface area contributed by atoms with Crippen LogP contribution in [0.4, 0.5) is 11.6 Å². The first kappa shape index (κ1) is 15.8. The van der Waals surface area contributed by atoms with Crippen LogP contribution in [-0.2, 0) is 0 Å². The maximum atomic E-state index is 9.61. The van der Waals surface area contributed by atoms with E-state index < -0.39 is 0 Å². The molecule has 3 aromatic rings. The molecule has 1 fully saturated rings. The van der Waals surface area contributed by atoms with E-state index in [4.69, 9.17) is 5.73 Å². The third-order valence-electron chi connectivity index (χ3n) is 4.88. The Labute approximate surface area is 146 Å². The molecule has 5 nitrogen and oxygen atoms in total. The van der Waals surface area contributed by atoms with Crippen molar-refractivity contribution < 1.29 is 5.11 Å². The number of nitrogens with two attached hydrogens (primary N) is 1. The molecule has 1 saturated carbocycles. The summed E-state index contributed by atoms with van der Waals surface area (Å²) in [4.78, 5) is 9.09. The average molecular weight is 334 g/mol. The molecule has 0 unspecified atom stereocenters. The van der Waals surface area contributed by atoms with Gasteiger partial charge in [-0.05, 0) is 49.4 Å². The Hall–Kier alpha value is -2.66. The number of para-hydroxylation sites is 1. The first-order valence-electron chi connectivity index (χ1n) is 8.75. The highest BCUT2D eigenvalue weighted by molar-refractivity contribution is 5.87. The first-order chi connectivity index (χ1) is 12.2. The van der Waals surface area contributed by atoms with Crippen LogP contribution in [-0.4, -0.2) is 27.2 Å². The summed E-state index contributed by atoms with van der Waals surface area (Å²) in [5.41, 5.74) is 9.84. The number of fused-ring (bicyclic) bond motifs is 1. The van der Waals surface area contributed by atoms with E-state index in [-0.39, 0.29) is 6.10 Å². The Bertz CT molecular complexity index is 888. The summed E-state index contributed by atoms with van der Waals surface area (Å²) >= 11 is 0. The standard InChI is InChI=1S/C20H22N4O/c21-18-4-2-1-3-17(18)13-5-10-19-14(11-13)12-22-20(24-19)23-15-6-8-16(25)9-7-15/h1-5,10-12,15-16,25H,6-9,21H2,(H,22,23,24). The molecule has 4 rings (SSSR count). The van der Waals surface area contributed by atoms with E-state index in [0.29, 0.717) is 12.0 Å². The number of rotatable bonds is 3. The number of aromatic nitrogens is 2. The lowest BCUT2D eigenvalue weighted by atomic mass is 9.93. The third kappa shape index (κ3) is 3.42. The van der Waals surface area contributed by atoms with Crippen LogP contribution >= 0.6 is 0 Å². The fourth-order valence-electron chi connectivity index (χ4n) is 3.43. The number of nitrogen functional groups attached to an aromatic ring is 1. The minimum Gasteiger partial charge on any atom is -0.398 e. The van der Waals surface area contributed by atoms with Crippen LogP contribution in [0.2, 0.25) is 0 Å². The molecule has 0 spiro atoms. The van der Waals surface area contributed by atoms with Crippen molar-refractivity contribution in [2.24, 2.45) is 0 Å². The quantitative estimate of drug-likeness (QED) is 0.637. The van der Waals surface area contributed by atoms with Gasteiger partial charge < -0.3 is 16.2 Å². The smallest absolute Gasteiger partial charge is 0.223 e. The summed E-state index contributed by atoms with van der Waals surface area (Å²) in [5, 5.41) is 14.0. The van der Waals surface area contributed by atoms with Crippen LogP contribution in [0, 0.1) is 0 Å². The second-order valence-corrected chi connectivity index (χ2v) is 6.70. The predicted octanol–water partition coefficient (Wildman–Crippen LogP) is 3.59. The molecule has 5 heteroatoms. The van der Waals surface area contributed by atoms with Gasteiger partial charge in [0.1, 0.15) is 0 Å². The number of hydrogen-bond donors (Lipinski definition) is 3. The fourth-order valence-corrected chi connectivity index (χ4v) is 3.43. The highest BCUT2D eigenvalue weighted by Crippen LogP contribution is 2.28. The van der Waals surface area contributed by atoms with Gasteiger partial charge in [-0.25, -0.2) is 9.97 Å². The molecule has 0 amide bonds. The van der Waals surface area contributed by atoms with Gasteiger partial charge in [-0.15, -0.1) is 0 Å². The molecule has 4 N–H and O–H groups in total. The second kappa shape index (κ2) is 6.69. The van der Waals surface area contributed by atoms with Gasteiger partial charge in [0.2, 0.25) is 5.95 Å². The largest absolute Gasteiger partial charge is 0.398 e. The average Bonchev–Trinajstić information content (AvgIpc) is 2.64. The van der Waals surface area contributed by atoms with E-state index in [1.165, 1.54) is 0 Å². The molecule has 25 heavy (non-hydrogen) atoms. The van der Waals surface area contributed by atoms with Gasteiger partial charge in [-0.3, -0.25) is 0 Å². The Morgan fingerprint density at radius 1 is 1.04 bits per heavy atom. The van der Waals surface area contributed by atoms with E-state index in [9.17, 15) is 5.11 Å². The number of hydrogen-bond acceptors (Lipinski definition) is 5. The van der Waals surface area contributed by atoms with Gasteiger partial charge in [0, 0.05) is 28.9 Å². The van der Waals surface area contributed by atoms with E-state index in [1.807, 2.05) is 42.6 Å². The van der Waals surface area contributed by atoms with Crippen molar-refractivity contribution in [3.05, 3.63) is 48.7 Å². The minimum absolute atomic E-state index is 0.153. The molecular weight excluding hydrogens is 312 g/mol. The summed E-state index contributed by atoms with van der Waals surface area (Å²) in [6.45, 7) is 0. The van der Waals surface area contributed by atoms with Crippen LogP contribution < -0.4 is 11.1 Å². The predicted molar refractivity (Wildman–Crippen MR) is 101 cm³/mol. The minimum atomic E-state index is -0.153. The summed E-state index contributed by atoms with van der Waals surface area (Å²) in [6.07, 6.45) is 5.29. The molecule has 1 aliphatic rings. The third-order valence-corrected chi connectivity index (χ3v) is 4.88. The number of benzene rings is 2. The van der Waals surface area contributed by atoms with Crippen LogP contribution in [0.15, 0.2) is 48.7 Å². The summed E-state index contributed by atoms with van der Waals surface area (Å²) in [7, 11) is 0. The summed E-state index contributed by atoms with van der Waals surface area (Å²) in [6, 6.07) is 14.3. The molecule has 128 valence electrons. The number of aliphatic hydroxyl groups excluding tert-OH is 1. The zero-order valence-electron chi connectivity index (χ0n) is 14.0. The monoisotopic (exact) mass is 334 g/mol. The van der Waals surface area contributed by atoms with E-state index in [2.05, 4.69) is 21.4 Å². The number of nitrogens with one attached hydrogen (secondary N) is 1. The second-order valence-electron chi connectivity index (χ2n) is 6.70. The van der Waals surface area contributed by atoms with Crippen LogP contribution in [0.1, 0.15) is 25.7 Å². The Morgan fingerprint density at radius 2 is 1.84 bits per heavy atom. The Kier molecular flexibility index (Phi) is 4.24. The van der Waals surface area contributed by atoms with Crippen molar-refractivity contribution in [1.82, 2.24) is 9.97 Å². The molecule has 0 radical (unpaired) electrons. The summed E-state index contributed by atoms with van der Waals surface area (Å²) in [5.74, 6) is 0.654. The summed E-state index contributed by atoms with van der Waals surface area (Å²) < 4.78 is 0. The fraction of sp³-hybridized carbons (Fsp3) is 0.300. The van der Waals surface area contributed by atoms with Crippen molar-refractivity contribution in [2.45, 2.75) is 37.8 Å². The Morgan fingerprint density at radius 3 is 2.64 bits per heavy atom. The van der Waals surface area contributed by atoms with Gasteiger partial charge in [0.15, 0.2) is 0 Å². The highest BCUT2D eigenvalue weighted by Gasteiger charge is 2.19. The Balaban J connectivity index is 1.58. The molecule has 2 aromatic carbocycles. The van der Waals surface area contributed by atoms with Gasteiger partial charge in [-0.1, -0.05) is 24.3 Å². The molecule has 1 aliphatic carbocycles. The van der Waals surface area contributed by atoms with E-state index in [0.717, 1.165) is 53.4 Å². The maximum Gasteiger partial charge on any atom is 0.223 e. The molecule has 0 bridgehead atoms. The molecular formula is C20H22N4O. The van der Waals surface area contributed by atoms with Crippen molar-refractivity contribution in [3.8, 4) is 11.1 Å². The lowest BCUT2D eigenvalue weighted by molar-refractivity contribution is 0.126. The van der Waals surface area contributed by atoms with Crippen LogP contribution in [0.3, 0.4) is 0 Å². The molecule has 1 aromatic heterocycles. The number of aliphatic hydroxyl groups is 1. The molecule has 0 aliphatic heterocycles. The van der Waals surface area contributed by atoms with Crippen molar-refractivity contribution >= 4 is 22.5 Å². The van der Waals surface area contributed by atoms with Gasteiger partial charge in [0.25, 0.3) is 0 Å². The zero-order chi connectivity index (χ0) is 17.2. The zero-order valence-corrected chi connectivity index (χ0v) is 14.0. The van der Waals surface area contributed by atoms with Crippen molar-refractivity contribution in [1.29, 1.82) is 0 Å². The van der Waals surface area contributed by atoms with Gasteiger partial charge in [0.05, 0.1) is 11.6 Å². The topological polar surface area (TPSA) is 84.1 Å². The van der Waals surface area contributed by atoms with E-state index >= 15 is 0 Å². The molecule has 0 atom stereocenters. The maximum absolute atomic E-state index is 9.61. The lowest BCUT2D eigenvalue weighted by Gasteiger charge is -2.26.